The van der Waals surface area contributed by atoms with Gasteiger partial charge in [-0.25, -0.2) is 4.79 Å². The molecule has 0 bridgehead atoms. The zero-order valence-electron chi connectivity index (χ0n) is 20.5. The van der Waals surface area contributed by atoms with Crippen LogP contribution >= 0.6 is 11.8 Å². The maximum Gasteiger partial charge on any atom is 0.326 e. The average molecular weight is 526 g/mol. The Morgan fingerprint density at radius 3 is 2.03 bits per heavy atom. The van der Waals surface area contributed by atoms with Gasteiger partial charge in [0.2, 0.25) is 23.6 Å². The second-order valence-electron chi connectivity index (χ2n) is 8.62. The number of nitrogens with two attached hydrogens (primary N) is 2. The van der Waals surface area contributed by atoms with Crippen molar-refractivity contribution in [3.05, 3.63) is 29.8 Å². The van der Waals surface area contributed by atoms with Crippen molar-refractivity contribution in [2.45, 2.75) is 57.3 Å². The predicted octanol–water partition coefficient (Wildman–Crippen LogP) is -0.914. The summed E-state index contributed by atoms with van der Waals surface area (Å²) in [5.41, 5.74) is 11.6. The van der Waals surface area contributed by atoms with E-state index in [-0.39, 0.29) is 18.1 Å². The molecule has 0 aromatic heterocycles. The number of nitrogens with one attached hydrogen (secondary N) is 3. The molecule has 1 rings (SSSR count). The van der Waals surface area contributed by atoms with E-state index in [9.17, 15) is 34.2 Å². The zero-order valence-corrected chi connectivity index (χ0v) is 21.3. The molecule has 12 nitrogen and oxygen atoms in total. The van der Waals surface area contributed by atoms with Crippen molar-refractivity contribution in [3.63, 3.8) is 0 Å². The average Bonchev–Trinajstić information content (AvgIpc) is 2.80. The SMILES string of the molecule is CSCCC(N)C(=O)NC(C(=O)NC(CC(N)=O)C(=O)NC(Cc1ccc(O)cc1)C(=O)O)C(C)C. The molecule has 0 spiro atoms. The van der Waals surface area contributed by atoms with Crippen LogP contribution in [0.2, 0.25) is 0 Å². The molecule has 1 aromatic rings. The number of aliphatic carboxylic acids is 1. The summed E-state index contributed by atoms with van der Waals surface area (Å²) in [7, 11) is 0. The third kappa shape index (κ3) is 10.5. The molecule has 4 amide bonds. The van der Waals surface area contributed by atoms with Gasteiger partial charge in [-0.2, -0.15) is 11.8 Å². The molecular formula is C23H35N5O7S. The smallest absolute Gasteiger partial charge is 0.326 e. The van der Waals surface area contributed by atoms with E-state index in [2.05, 4.69) is 16.0 Å². The van der Waals surface area contributed by atoms with E-state index in [4.69, 9.17) is 11.5 Å². The Hall–Kier alpha value is -3.32. The number of primary amides is 1. The second-order valence-corrected chi connectivity index (χ2v) is 9.61. The van der Waals surface area contributed by atoms with Gasteiger partial charge in [-0.15, -0.1) is 0 Å². The molecule has 0 aliphatic carbocycles. The van der Waals surface area contributed by atoms with Crippen LogP contribution in [0.4, 0.5) is 0 Å². The Bertz CT molecular complexity index is 926. The summed E-state index contributed by atoms with van der Waals surface area (Å²) >= 11 is 1.52. The van der Waals surface area contributed by atoms with Crippen molar-refractivity contribution in [1.82, 2.24) is 16.0 Å². The summed E-state index contributed by atoms with van der Waals surface area (Å²) in [6, 6.07) is 1.00. The van der Waals surface area contributed by atoms with Crippen molar-refractivity contribution in [2.75, 3.05) is 12.0 Å². The summed E-state index contributed by atoms with van der Waals surface area (Å²) < 4.78 is 0. The number of hydrogen-bond donors (Lipinski definition) is 7. The molecule has 4 unspecified atom stereocenters. The summed E-state index contributed by atoms with van der Waals surface area (Å²) in [5, 5.41) is 26.2. The van der Waals surface area contributed by atoms with Gasteiger partial charge in [-0.3, -0.25) is 19.2 Å². The summed E-state index contributed by atoms with van der Waals surface area (Å²) in [6.07, 6.45) is 1.58. The second kappa shape index (κ2) is 14.9. The van der Waals surface area contributed by atoms with E-state index >= 15 is 0 Å². The van der Waals surface area contributed by atoms with Crippen LogP contribution in [0.3, 0.4) is 0 Å². The normalized spacial score (nSPS) is 14.2. The molecule has 0 saturated heterocycles. The Balaban J connectivity index is 2.97. The van der Waals surface area contributed by atoms with Crippen molar-refractivity contribution in [2.24, 2.45) is 17.4 Å². The highest BCUT2D eigenvalue weighted by Crippen LogP contribution is 2.12. The lowest BCUT2D eigenvalue weighted by atomic mass is 10.0. The van der Waals surface area contributed by atoms with Crippen LogP contribution in [0, 0.1) is 5.92 Å². The van der Waals surface area contributed by atoms with E-state index in [1.807, 2.05) is 6.26 Å². The van der Waals surface area contributed by atoms with Crippen LogP contribution in [-0.4, -0.2) is 76.0 Å². The number of aromatic hydroxyl groups is 1. The van der Waals surface area contributed by atoms with Gasteiger partial charge >= 0.3 is 5.97 Å². The highest BCUT2D eigenvalue weighted by molar-refractivity contribution is 7.98. The van der Waals surface area contributed by atoms with Crippen LogP contribution in [0.5, 0.6) is 5.75 Å². The molecule has 9 N–H and O–H groups in total. The fourth-order valence-corrected chi connectivity index (χ4v) is 3.67. The Morgan fingerprint density at radius 2 is 1.53 bits per heavy atom. The molecule has 0 aliphatic heterocycles. The van der Waals surface area contributed by atoms with E-state index in [0.29, 0.717) is 17.7 Å². The van der Waals surface area contributed by atoms with Crippen LogP contribution < -0.4 is 27.4 Å². The van der Waals surface area contributed by atoms with Gasteiger partial charge in [-0.05, 0) is 42.0 Å². The number of carboxylic acid groups (broad SMARTS) is 1. The number of rotatable bonds is 15. The first-order valence-electron chi connectivity index (χ1n) is 11.3. The van der Waals surface area contributed by atoms with Gasteiger partial charge in [-0.1, -0.05) is 26.0 Å². The quantitative estimate of drug-likeness (QED) is 0.151. The Morgan fingerprint density at radius 1 is 0.944 bits per heavy atom. The molecule has 0 radical (unpaired) electrons. The number of amides is 4. The molecule has 0 aliphatic rings. The zero-order chi connectivity index (χ0) is 27.4. The van der Waals surface area contributed by atoms with E-state index in [1.54, 1.807) is 13.8 Å². The number of thioether (sulfide) groups is 1. The third-order valence-electron chi connectivity index (χ3n) is 5.25. The van der Waals surface area contributed by atoms with Crippen LogP contribution in [0.1, 0.15) is 32.3 Å². The minimum atomic E-state index is -1.47. The van der Waals surface area contributed by atoms with Crippen LogP contribution in [0.25, 0.3) is 0 Å². The number of carboxylic acids is 1. The first-order chi connectivity index (χ1) is 16.8. The number of carbonyl (C=O) groups is 5. The highest BCUT2D eigenvalue weighted by Gasteiger charge is 2.32. The number of benzene rings is 1. The molecule has 13 heteroatoms. The Labute approximate surface area is 213 Å². The fraction of sp³-hybridized carbons (Fsp3) is 0.522. The molecule has 0 heterocycles. The molecule has 200 valence electrons. The van der Waals surface area contributed by atoms with Gasteiger partial charge in [0, 0.05) is 6.42 Å². The van der Waals surface area contributed by atoms with Crippen molar-refractivity contribution in [1.29, 1.82) is 0 Å². The first kappa shape index (κ1) is 30.7. The number of carbonyl (C=O) groups excluding carboxylic acids is 4. The topological polar surface area (TPSA) is 214 Å². The van der Waals surface area contributed by atoms with E-state index in [0.717, 1.165) is 0 Å². The van der Waals surface area contributed by atoms with Crippen molar-refractivity contribution < 1.29 is 34.2 Å². The molecule has 0 fully saturated rings. The fourth-order valence-electron chi connectivity index (χ4n) is 3.18. The van der Waals surface area contributed by atoms with E-state index < -0.39 is 60.2 Å². The number of phenols is 1. The Kier molecular flexibility index (Phi) is 12.7. The maximum absolute atomic E-state index is 13.0. The summed E-state index contributed by atoms with van der Waals surface area (Å²) in [6.45, 7) is 3.36. The predicted molar refractivity (Wildman–Crippen MR) is 135 cm³/mol. The molecule has 0 saturated carbocycles. The van der Waals surface area contributed by atoms with E-state index in [1.165, 1.54) is 36.0 Å². The van der Waals surface area contributed by atoms with Crippen LogP contribution in [0.15, 0.2) is 24.3 Å². The molecule has 36 heavy (non-hydrogen) atoms. The van der Waals surface area contributed by atoms with Crippen LogP contribution in [-0.2, 0) is 30.4 Å². The van der Waals surface area contributed by atoms with Gasteiger partial charge in [0.15, 0.2) is 0 Å². The standard InChI is InChI=1S/C23H35N5O7S/c1-12(2)19(28-20(31)15(24)8-9-36-3)22(33)26-16(11-18(25)30)21(32)27-17(23(34)35)10-13-4-6-14(29)7-5-13/h4-7,12,15-17,19,29H,8-11,24H2,1-3H3,(H2,25,30)(H,26,33)(H,27,32)(H,28,31)(H,34,35). The lowest BCUT2D eigenvalue weighted by molar-refractivity contribution is -0.142. The maximum atomic E-state index is 13.0. The van der Waals surface area contributed by atoms with Gasteiger partial charge in [0.1, 0.15) is 23.9 Å². The minimum Gasteiger partial charge on any atom is -0.508 e. The van der Waals surface area contributed by atoms with Gasteiger partial charge in [0.05, 0.1) is 12.5 Å². The highest BCUT2D eigenvalue weighted by atomic mass is 32.2. The number of phenolic OH excluding ortho intramolecular Hbond substituents is 1. The minimum absolute atomic E-state index is 0.00379. The van der Waals surface area contributed by atoms with Gasteiger partial charge in [0.25, 0.3) is 0 Å². The molecular weight excluding hydrogens is 490 g/mol. The third-order valence-corrected chi connectivity index (χ3v) is 5.89. The first-order valence-corrected chi connectivity index (χ1v) is 12.7. The summed E-state index contributed by atoms with van der Waals surface area (Å²) in [5.74, 6) is -4.19. The van der Waals surface area contributed by atoms with Crippen molar-refractivity contribution in [3.8, 4) is 5.75 Å². The molecule has 1 aromatic carbocycles. The lowest BCUT2D eigenvalue weighted by Crippen LogP contribution is -2.59. The molecule has 4 atom stereocenters. The number of hydrogen-bond acceptors (Lipinski definition) is 8. The lowest BCUT2D eigenvalue weighted by Gasteiger charge is -2.26. The monoisotopic (exact) mass is 525 g/mol. The van der Waals surface area contributed by atoms with Gasteiger partial charge < -0.3 is 37.6 Å². The van der Waals surface area contributed by atoms with Crippen molar-refractivity contribution >= 4 is 41.4 Å². The summed E-state index contributed by atoms with van der Waals surface area (Å²) in [4.78, 5) is 61.5. The largest absolute Gasteiger partial charge is 0.508 e.